The van der Waals surface area contributed by atoms with Gasteiger partial charge < -0.3 is 15.2 Å². The maximum absolute atomic E-state index is 12.5. The third-order valence-electron chi connectivity index (χ3n) is 6.33. The molecule has 1 unspecified atom stereocenters. The SMILES string of the molecule is CN1CCCC(n2cc(C#Cc3cccc(C(=O)CC4CC4)c3)c3c(N)ncnc32)C1. The average molecular weight is 414 g/mol. The normalized spacial score (nSPS) is 19.2. The molecular weight excluding hydrogens is 386 g/mol. The summed E-state index contributed by atoms with van der Waals surface area (Å²) in [7, 11) is 2.15. The van der Waals surface area contributed by atoms with Crippen LogP contribution in [-0.2, 0) is 0 Å². The molecule has 0 amide bonds. The Hall–Kier alpha value is -3.17. The first-order valence-corrected chi connectivity index (χ1v) is 11.0. The summed E-state index contributed by atoms with van der Waals surface area (Å²) in [5.41, 5.74) is 9.47. The fourth-order valence-corrected chi connectivity index (χ4v) is 4.46. The first-order chi connectivity index (χ1) is 15.1. The summed E-state index contributed by atoms with van der Waals surface area (Å²) < 4.78 is 2.21. The van der Waals surface area contributed by atoms with Crippen LogP contribution in [0.5, 0.6) is 0 Å². The third kappa shape index (κ3) is 4.19. The Labute approximate surface area is 182 Å². The number of aromatic nitrogens is 3. The van der Waals surface area contributed by atoms with Crippen LogP contribution in [0.25, 0.3) is 11.0 Å². The van der Waals surface area contributed by atoms with Gasteiger partial charge in [-0.2, -0.15) is 0 Å². The van der Waals surface area contributed by atoms with Crippen LogP contribution in [0.4, 0.5) is 5.82 Å². The molecule has 2 fully saturated rings. The highest BCUT2D eigenvalue weighted by molar-refractivity contribution is 5.97. The van der Waals surface area contributed by atoms with Crippen molar-refractivity contribution < 1.29 is 4.79 Å². The van der Waals surface area contributed by atoms with Crippen molar-refractivity contribution in [3.8, 4) is 11.8 Å². The second-order valence-electron chi connectivity index (χ2n) is 8.87. The number of ketones is 1. The number of anilines is 1. The number of likely N-dealkylation sites (N-methyl/N-ethyl adjacent to an activating group) is 1. The number of Topliss-reactive ketones (excluding diaryl/α,β-unsaturated/α-hetero) is 1. The molecule has 158 valence electrons. The van der Waals surface area contributed by atoms with E-state index in [1.54, 1.807) is 0 Å². The van der Waals surface area contributed by atoms with Gasteiger partial charge in [-0.25, -0.2) is 9.97 Å². The van der Waals surface area contributed by atoms with E-state index >= 15 is 0 Å². The Balaban J connectivity index is 1.49. The Kier molecular flexibility index (Phi) is 5.21. The van der Waals surface area contributed by atoms with Gasteiger partial charge in [0.2, 0.25) is 0 Å². The number of carbonyl (C=O) groups excluding carboxylic acids is 1. The average Bonchev–Trinajstić information content (AvgIpc) is 3.50. The van der Waals surface area contributed by atoms with Crippen LogP contribution in [0.3, 0.4) is 0 Å². The zero-order chi connectivity index (χ0) is 21.4. The molecule has 1 saturated carbocycles. The lowest BCUT2D eigenvalue weighted by molar-refractivity contribution is 0.0976. The van der Waals surface area contributed by atoms with Gasteiger partial charge in [0.05, 0.1) is 10.9 Å². The molecule has 31 heavy (non-hydrogen) atoms. The molecule has 0 radical (unpaired) electrons. The molecular formula is C25H27N5O. The minimum atomic E-state index is 0.210. The predicted octanol–water partition coefficient (Wildman–Crippen LogP) is 3.66. The maximum atomic E-state index is 12.5. The fraction of sp³-hybridized carbons (Fsp3) is 0.400. The lowest BCUT2D eigenvalue weighted by atomic mass is 10.0. The number of nitrogens with zero attached hydrogens (tertiary/aromatic N) is 4. The highest BCUT2D eigenvalue weighted by Crippen LogP contribution is 2.33. The van der Waals surface area contributed by atoms with Crippen LogP contribution in [0, 0.1) is 17.8 Å². The summed E-state index contributed by atoms with van der Waals surface area (Å²) in [5, 5.41) is 0.809. The van der Waals surface area contributed by atoms with E-state index in [9.17, 15) is 4.79 Å². The number of nitrogens with two attached hydrogens (primary N) is 1. The Morgan fingerprint density at radius 2 is 2.10 bits per heavy atom. The van der Waals surface area contributed by atoms with Gasteiger partial charge >= 0.3 is 0 Å². The predicted molar refractivity (Wildman–Crippen MR) is 122 cm³/mol. The Morgan fingerprint density at radius 1 is 1.23 bits per heavy atom. The van der Waals surface area contributed by atoms with E-state index in [0.717, 1.165) is 53.7 Å². The quantitative estimate of drug-likeness (QED) is 0.522. The van der Waals surface area contributed by atoms with Gasteiger partial charge in [0, 0.05) is 36.3 Å². The molecule has 0 bridgehead atoms. The molecule has 2 aromatic heterocycles. The van der Waals surface area contributed by atoms with Crippen molar-refractivity contribution in [3.63, 3.8) is 0 Å². The van der Waals surface area contributed by atoms with Crippen molar-refractivity contribution in [1.29, 1.82) is 0 Å². The summed E-state index contributed by atoms with van der Waals surface area (Å²) in [4.78, 5) is 23.5. The zero-order valence-corrected chi connectivity index (χ0v) is 17.8. The van der Waals surface area contributed by atoms with E-state index in [1.165, 1.54) is 19.2 Å². The minimum Gasteiger partial charge on any atom is -0.383 e. The van der Waals surface area contributed by atoms with Crippen molar-refractivity contribution >= 4 is 22.6 Å². The van der Waals surface area contributed by atoms with Crippen molar-refractivity contribution in [2.45, 2.75) is 38.1 Å². The molecule has 1 saturated heterocycles. The number of rotatable bonds is 4. The number of likely N-dealkylation sites (tertiary alicyclic amines) is 1. The Morgan fingerprint density at radius 3 is 2.90 bits per heavy atom. The van der Waals surface area contributed by atoms with E-state index < -0.39 is 0 Å². The molecule has 5 rings (SSSR count). The minimum absolute atomic E-state index is 0.210. The van der Waals surface area contributed by atoms with E-state index in [1.807, 2.05) is 24.3 Å². The summed E-state index contributed by atoms with van der Waals surface area (Å²) in [6.45, 7) is 2.10. The van der Waals surface area contributed by atoms with Gasteiger partial charge in [0.1, 0.15) is 17.8 Å². The molecule has 0 spiro atoms. The summed E-state index contributed by atoms with van der Waals surface area (Å²) in [5.74, 6) is 7.75. The van der Waals surface area contributed by atoms with Crippen molar-refractivity contribution in [2.24, 2.45) is 5.92 Å². The summed E-state index contributed by atoms with van der Waals surface area (Å²) in [6.07, 6.45) is 8.85. The molecule has 3 heterocycles. The first kappa shape index (κ1) is 19.8. The first-order valence-electron chi connectivity index (χ1n) is 11.0. The number of benzene rings is 1. The highest BCUT2D eigenvalue weighted by Gasteiger charge is 2.25. The number of piperidine rings is 1. The number of fused-ring (bicyclic) bond motifs is 1. The van der Waals surface area contributed by atoms with Crippen LogP contribution < -0.4 is 5.73 Å². The van der Waals surface area contributed by atoms with E-state index in [4.69, 9.17) is 5.73 Å². The van der Waals surface area contributed by atoms with Crippen LogP contribution >= 0.6 is 0 Å². The van der Waals surface area contributed by atoms with Crippen molar-refractivity contribution in [2.75, 3.05) is 25.9 Å². The van der Waals surface area contributed by atoms with Crippen molar-refractivity contribution in [1.82, 2.24) is 19.4 Å². The molecule has 6 nitrogen and oxygen atoms in total. The molecule has 1 aliphatic heterocycles. The van der Waals surface area contributed by atoms with Gasteiger partial charge in [0.25, 0.3) is 0 Å². The number of hydrogen-bond acceptors (Lipinski definition) is 5. The summed E-state index contributed by atoms with van der Waals surface area (Å²) >= 11 is 0. The molecule has 3 aromatic rings. The van der Waals surface area contributed by atoms with Crippen LogP contribution in [0.2, 0.25) is 0 Å². The molecule has 1 aliphatic carbocycles. The molecule has 1 atom stereocenters. The van der Waals surface area contributed by atoms with E-state index in [0.29, 0.717) is 24.2 Å². The number of hydrogen-bond donors (Lipinski definition) is 1. The summed E-state index contributed by atoms with van der Waals surface area (Å²) in [6, 6.07) is 7.97. The highest BCUT2D eigenvalue weighted by atomic mass is 16.1. The van der Waals surface area contributed by atoms with E-state index in [-0.39, 0.29) is 5.78 Å². The monoisotopic (exact) mass is 413 g/mol. The lowest BCUT2D eigenvalue weighted by Gasteiger charge is -2.30. The Bertz CT molecular complexity index is 1200. The van der Waals surface area contributed by atoms with E-state index in [2.05, 4.69) is 44.5 Å². The van der Waals surface area contributed by atoms with Crippen molar-refractivity contribution in [3.05, 3.63) is 53.5 Å². The van der Waals surface area contributed by atoms with Gasteiger partial charge in [-0.1, -0.05) is 24.0 Å². The van der Waals surface area contributed by atoms with Gasteiger partial charge in [-0.3, -0.25) is 4.79 Å². The molecule has 6 heteroatoms. The third-order valence-corrected chi connectivity index (χ3v) is 6.33. The van der Waals surface area contributed by atoms with Gasteiger partial charge in [0.15, 0.2) is 5.78 Å². The second-order valence-corrected chi connectivity index (χ2v) is 8.87. The van der Waals surface area contributed by atoms with Gasteiger partial charge in [-0.05, 0) is 57.3 Å². The van der Waals surface area contributed by atoms with Crippen LogP contribution in [0.1, 0.15) is 59.6 Å². The lowest BCUT2D eigenvalue weighted by Crippen LogP contribution is -2.33. The topological polar surface area (TPSA) is 77.0 Å². The smallest absolute Gasteiger partial charge is 0.163 e. The molecule has 1 aromatic carbocycles. The zero-order valence-electron chi connectivity index (χ0n) is 17.8. The van der Waals surface area contributed by atoms with Crippen LogP contribution in [-0.4, -0.2) is 45.4 Å². The largest absolute Gasteiger partial charge is 0.383 e. The van der Waals surface area contributed by atoms with Crippen LogP contribution in [0.15, 0.2) is 36.8 Å². The molecule has 2 N–H and O–H groups in total. The molecule has 2 aliphatic rings. The number of nitrogen functional groups attached to an aromatic ring is 1. The van der Waals surface area contributed by atoms with Gasteiger partial charge in [-0.15, -0.1) is 0 Å². The number of carbonyl (C=O) groups is 1. The second kappa shape index (κ2) is 8.16. The fourth-order valence-electron chi connectivity index (χ4n) is 4.46. The maximum Gasteiger partial charge on any atom is 0.163 e. The standard InChI is InChI=1S/C25H27N5O/c1-29-11-3-6-21(15-29)30-14-20(23-24(26)27-16-28-25(23)30)10-9-17-4-2-5-19(12-17)22(31)13-18-7-8-18/h2,4-5,12,14,16,18,21H,3,6-8,11,13,15H2,1H3,(H2,26,27,28).